The highest BCUT2D eigenvalue weighted by atomic mass is 32.1. The molecule has 0 aromatic carbocycles. The Hall–Kier alpha value is -0.900. The molecule has 0 spiro atoms. The number of carbonyl (C=O) groups is 1. The summed E-state index contributed by atoms with van der Waals surface area (Å²) < 4.78 is 0. The van der Waals surface area contributed by atoms with E-state index < -0.39 is 0 Å². The highest BCUT2D eigenvalue weighted by Crippen LogP contribution is 2.28. The van der Waals surface area contributed by atoms with Gasteiger partial charge in [-0.25, -0.2) is 4.98 Å². The van der Waals surface area contributed by atoms with Gasteiger partial charge in [-0.05, 0) is 19.8 Å². The van der Waals surface area contributed by atoms with E-state index >= 15 is 0 Å². The fourth-order valence-electron chi connectivity index (χ4n) is 1.14. The van der Waals surface area contributed by atoms with Crippen molar-refractivity contribution in [2.24, 2.45) is 5.92 Å². The monoisotopic (exact) mass is 196 g/mol. The molecule has 70 valence electrons. The Labute approximate surface area is 81.2 Å². The smallest absolute Gasteiger partial charge is 0.223 e. The fraction of sp³-hybridized carbons (Fsp3) is 0.556. The predicted molar refractivity (Wildman–Crippen MR) is 51.4 cm³/mol. The zero-order chi connectivity index (χ0) is 9.26. The number of carbonyl (C=O) groups excluding carboxylic acids is 1. The minimum Gasteiger partial charge on any atom is -0.349 e. The van der Waals surface area contributed by atoms with E-state index in [0.717, 1.165) is 23.5 Å². The molecule has 1 aromatic heterocycles. The normalized spacial score (nSPS) is 15.8. The molecule has 0 radical (unpaired) electrons. The Balaban J connectivity index is 1.81. The number of rotatable bonds is 3. The quantitative estimate of drug-likeness (QED) is 0.795. The van der Waals surface area contributed by atoms with Crippen LogP contribution in [0.25, 0.3) is 0 Å². The van der Waals surface area contributed by atoms with Crippen LogP contribution in [0.1, 0.15) is 23.5 Å². The summed E-state index contributed by atoms with van der Waals surface area (Å²) in [7, 11) is 0. The number of aryl methyl sites for hydroxylation is 1. The van der Waals surface area contributed by atoms with Crippen molar-refractivity contribution in [3.63, 3.8) is 0 Å². The van der Waals surface area contributed by atoms with E-state index in [-0.39, 0.29) is 5.91 Å². The van der Waals surface area contributed by atoms with Gasteiger partial charge in [-0.1, -0.05) is 0 Å². The number of hydrogen-bond acceptors (Lipinski definition) is 3. The molecule has 4 heteroatoms. The molecule has 1 amide bonds. The lowest BCUT2D eigenvalue weighted by molar-refractivity contribution is -0.122. The second-order valence-electron chi connectivity index (χ2n) is 3.37. The lowest BCUT2D eigenvalue weighted by atomic mass is 10.4. The minimum absolute atomic E-state index is 0.188. The van der Waals surface area contributed by atoms with Gasteiger partial charge in [0.1, 0.15) is 5.01 Å². The lowest BCUT2D eigenvalue weighted by Gasteiger charge is -1.99. The van der Waals surface area contributed by atoms with Gasteiger partial charge in [0, 0.05) is 17.0 Å². The maximum atomic E-state index is 11.3. The summed E-state index contributed by atoms with van der Waals surface area (Å²) in [4.78, 5) is 15.5. The minimum atomic E-state index is 0.188. The maximum absolute atomic E-state index is 11.3. The molecular weight excluding hydrogens is 184 g/mol. The first-order valence-corrected chi connectivity index (χ1v) is 5.32. The van der Waals surface area contributed by atoms with Gasteiger partial charge in [0.2, 0.25) is 5.91 Å². The van der Waals surface area contributed by atoms with E-state index in [9.17, 15) is 4.79 Å². The lowest BCUT2D eigenvalue weighted by Crippen LogP contribution is -2.23. The van der Waals surface area contributed by atoms with E-state index in [2.05, 4.69) is 10.3 Å². The molecule has 3 nitrogen and oxygen atoms in total. The average Bonchev–Trinajstić information content (AvgIpc) is 2.87. The van der Waals surface area contributed by atoms with Gasteiger partial charge in [0.05, 0.1) is 6.54 Å². The Morgan fingerprint density at radius 3 is 3.08 bits per heavy atom. The molecule has 0 aliphatic heterocycles. The molecule has 0 atom stereocenters. The second-order valence-corrected chi connectivity index (χ2v) is 4.32. The van der Waals surface area contributed by atoms with Crippen LogP contribution >= 0.6 is 11.3 Å². The maximum Gasteiger partial charge on any atom is 0.223 e. The summed E-state index contributed by atoms with van der Waals surface area (Å²) in [5.41, 5.74) is 1.03. The molecule has 1 N–H and O–H groups in total. The SMILES string of the molecule is Cc1csc(CNC(=O)C2CC2)n1. The van der Waals surface area contributed by atoms with Gasteiger partial charge in [0.25, 0.3) is 0 Å². The van der Waals surface area contributed by atoms with Crippen molar-refractivity contribution in [3.05, 3.63) is 16.1 Å². The molecule has 1 saturated carbocycles. The average molecular weight is 196 g/mol. The number of aromatic nitrogens is 1. The highest BCUT2D eigenvalue weighted by molar-refractivity contribution is 7.09. The van der Waals surface area contributed by atoms with Crippen LogP contribution in [0.15, 0.2) is 5.38 Å². The van der Waals surface area contributed by atoms with Crippen molar-refractivity contribution < 1.29 is 4.79 Å². The third-order valence-electron chi connectivity index (χ3n) is 2.03. The Bertz CT molecular complexity index is 317. The molecular formula is C9H12N2OS. The van der Waals surface area contributed by atoms with E-state index in [1.807, 2.05) is 12.3 Å². The molecule has 1 fully saturated rings. The van der Waals surface area contributed by atoms with Crippen LogP contribution in [0, 0.1) is 12.8 Å². The van der Waals surface area contributed by atoms with Gasteiger partial charge in [-0.2, -0.15) is 0 Å². The third kappa shape index (κ3) is 2.28. The Kier molecular flexibility index (Phi) is 2.31. The van der Waals surface area contributed by atoms with Crippen LogP contribution in [0.4, 0.5) is 0 Å². The first-order chi connectivity index (χ1) is 6.25. The van der Waals surface area contributed by atoms with Gasteiger partial charge >= 0.3 is 0 Å². The summed E-state index contributed by atoms with van der Waals surface area (Å²) in [6.45, 7) is 2.55. The van der Waals surface area contributed by atoms with Crippen LogP contribution in [-0.2, 0) is 11.3 Å². The van der Waals surface area contributed by atoms with E-state index in [1.54, 1.807) is 11.3 Å². The molecule has 0 bridgehead atoms. The summed E-state index contributed by atoms with van der Waals surface area (Å²) in [6, 6.07) is 0. The van der Waals surface area contributed by atoms with Crippen LogP contribution in [0.2, 0.25) is 0 Å². The number of hydrogen-bond donors (Lipinski definition) is 1. The van der Waals surface area contributed by atoms with Gasteiger partial charge < -0.3 is 5.32 Å². The van der Waals surface area contributed by atoms with Gasteiger partial charge in [-0.3, -0.25) is 4.79 Å². The molecule has 13 heavy (non-hydrogen) atoms. The van der Waals surface area contributed by atoms with E-state index in [4.69, 9.17) is 0 Å². The first kappa shape index (κ1) is 8.69. The summed E-state index contributed by atoms with van der Waals surface area (Å²) in [6.07, 6.45) is 2.12. The number of thiazole rings is 1. The highest BCUT2D eigenvalue weighted by Gasteiger charge is 2.29. The zero-order valence-electron chi connectivity index (χ0n) is 7.54. The van der Waals surface area contributed by atoms with Crippen molar-refractivity contribution in [3.8, 4) is 0 Å². The van der Waals surface area contributed by atoms with Gasteiger partial charge in [-0.15, -0.1) is 11.3 Å². The van der Waals surface area contributed by atoms with Gasteiger partial charge in [0.15, 0.2) is 0 Å². The molecule has 1 aromatic rings. The standard InChI is InChI=1S/C9H12N2OS/c1-6-5-13-8(11-6)4-10-9(12)7-2-3-7/h5,7H,2-4H2,1H3,(H,10,12). The van der Waals surface area contributed by atoms with Crippen molar-refractivity contribution in [2.75, 3.05) is 0 Å². The topological polar surface area (TPSA) is 42.0 Å². The first-order valence-electron chi connectivity index (χ1n) is 4.44. The number of nitrogens with one attached hydrogen (secondary N) is 1. The van der Waals surface area contributed by atoms with Crippen LogP contribution < -0.4 is 5.32 Å². The third-order valence-corrected chi connectivity index (χ3v) is 3.00. The largest absolute Gasteiger partial charge is 0.349 e. The Morgan fingerprint density at radius 1 is 1.77 bits per heavy atom. The van der Waals surface area contributed by atoms with E-state index in [0.29, 0.717) is 12.5 Å². The number of nitrogens with zero attached hydrogens (tertiary/aromatic N) is 1. The van der Waals surface area contributed by atoms with Crippen LogP contribution in [0.3, 0.4) is 0 Å². The fourth-order valence-corrected chi connectivity index (χ4v) is 1.85. The number of amides is 1. The Morgan fingerprint density at radius 2 is 2.54 bits per heavy atom. The van der Waals surface area contributed by atoms with Crippen LogP contribution in [-0.4, -0.2) is 10.9 Å². The summed E-state index contributed by atoms with van der Waals surface area (Å²) in [5, 5.41) is 5.87. The summed E-state index contributed by atoms with van der Waals surface area (Å²) in [5.74, 6) is 0.480. The van der Waals surface area contributed by atoms with E-state index in [1.165, 1.54) is 0 Å². The molecule has 1 aliphatic carbocycles. The zero-order valence-corrected chi connectivity index (χ0v) is 8.36. The molecule has 1 aliphatic rings. The second kappa shape index (κ2) is 3.46. The molecule has 0 saturated heterocycles. The van der Waals surface area contributed by atoms with Crippen molar-refractivity contribution >= 4 is 17.2 Å². The van der Waals surface area contributed by atoms with Crippen molar-refractivity contribution in [1.82, 2.24) is 10.3 Å². The molecule has 1 heterocycles. The summed E-state index contributed by atoms with van der Waals surface area (Å²) >= 11 is 1.60. The van der Waals surface area contributed by atoms with Crippen molar-refractivity contribution in [2.45, 2.75) is 26.3 Å². The predicted octanol–water partition coefficient (Wildman–Crippen LogP) is 1.48. The van der Waals surface area contributed by atoms with Crippen LogP contribution in [0.5, 0.6) is 0 Å². The molecule has 2 rings (SSSR count). The van der Waals surface area contributed by atoms with Crippen molar-refractivity contribution in [1.29, 1.82) is 0 Å². The molecule has 0 unspecified atom stereocenters.